The zero-order valence-electron chi connectivity index (χ0n) is 14.7. The molecule has 136 valence electrons. The Labute approximate surface area is 152 Å². The molecule has 0 saturated carbocycles. The fraction of sp³-hybridized carbons (Fsp3) is 0.300. The van der Waals surface area contributed by atoms with Gasteiger partial charge < -0.3 is 19.5 Å². The molecule has 2 atom stereocenters. The highest BCUT2D eigenvalue weighted by Gasteiger charge is 2.41. The second-order valence-electron chi connectivity index (χ2n) is 6.16. The van der Waals surface area contributed by atoms with Gasteiger partial charge in [-0.05, 0) is 48.4 Å². The highest BCUT2D eigenvalue weighted by molar-refractivity contribution is 5.96. The van der Waals surface area contributed by atoms with Gasteiger partial charge in [0.25, 0.3) is 0 Å². The number of benzene rings is 2. The number of carbonyl (C=O) groups excluding carboxylic acids is 1. The van der Waals surface area contributed by atoms with Crippen LogP contribution in [-0.4, -0.2) is 31.2 Å². The van der Waals surface area contributed by atoms with E-state index in [1.54, 1.807) is 55.5 Å². The van der Waals surface area contributed by atoms with Crippen LogP contribution >= 0.6 is 0 Å². The van der Waals surface area contributed by atoms with Crippen molar-refractivity contribution >= 4 is 17.6 Å². The number of rotatable bonds is 5. The summed E-state index contributed by atoms with van der Waals surface area (Å²) in [7, 11) is 3.14. The fourth-order valence-electron chi connectivity index (χ4n) is 3.38. The summed E-state index contributed by atoms with van der Waals surface area (Å²) in [6, 6.07) is 13.7. The Bertz CT molecular complexity index is 785. The van der Waals surface area contributed by atoms with Crippen molar-refractivity contribution in [2.75, 3.05) is 19.1 Å². The highest BCUT2D eigenvalue weighted by Crippen LogP contribution is 2.40. The molecule has 3 rings (SSSR count). The summed E-state index contributed by atoms with van der Waals surface area (Å²) in [4.78, 5) is 26.2. The van der Waals surface area contributed by atoms with Crippen LogP contribution < -0.4 is 14.4 Å². The minimum Gasteiger partial charge on any atom is -0.497 e. The molecule has 26 heavy (non-hydrogen) atoms. The van der Waals surface area contributed by atoms with Gasteiger partial charge in [0.05, 0.1) is 26.2 Å². The summed E-state index contributed by atoms with van der Waals surface area (Å²) < 4.78 is 10.3. The van der Waals surface area contributed by atoms with Gasteiger partial charge in [-0.2, -0.15) is 0 Å². The lowest BCUT2D eigenvalue weighted by atomic mass is 9.84. The van der Waals surface area contributed by atoms with Gasteiger partial charge in [-0.25, -0.2) is 0 Å². The zero-order valence-corrected chi connectivity index (χ0v) is 14.7. The van der Waals surface area contributed by atoms with Crippen molar-refractivity contribution in [2.24, 2.45) is 5.92 Å². The average molecular weight is 355 g/mol. The molecule has 0 aromatic heterocycles. The molecule has 1 saturated heterocycles. The summed E-state index contributed by atoms with van der Waals surface area (Å²) in [6.07, 6.45) is 0.521. The molecule has 6 nitrogen and oxygen atoms in total. The lowest BCUT2D eigenvalue weighted by molar-refractivity contribution is -0.144. The number of amides is 1. The van der Waals surface area contributed by atoms with E-state index in [0.717, 1.165) is 5.56 Å². The maximum Gasteiger partial charge on any atom is 0.308 e. The van der Waals surface area contributed by atoms with Crippen molar-refractivity contribution in [3.63, 3.8) is 0 Å². The second kappa shape index (κ2) is 7.47. The van der Waals surface area contributed by atoms with Crippen molar-refractivity contribution in [2.45, 2.75) is 18.9 Å². The van der Waals surface area contributed by atoms with Gasteiger partial charge in [0.1, 0.15) is 11.5 Å². The monoisotopic (exact) mass is 355 g/mol. The SMILES string of the molecule is COc1ccc([C@@H]2[C@@H](C(=O)O)CCC(=O)N2c2ccc(OC)cc2)cc1. The number of anilines is 1. The highest BCUT2D eigenvalue weighted by atomic mass is 16.5. The van der Waals surface area contributed by atoms with Crippen LogP contribution in [0.25, 0.3) is 0 Å². The Morgan fingerprint density at radius 3 is 2.04 bits per heavy atom. The topological polar surface area (TPSA) is 76.1 Å². The Balaban J connectivity index is 2.06. The van der Waals surface area contributed by atoms with Crippen molar-refractivity contribution < 1.29 is 24.2 Å². The van der Waals surface area contributed by atoms with Crippen LogP contribution in [0.2, 0.25) is 0 Å². The predicted octanol–water partition coefficient (Wildman–Crippen LogP) is 3.27. The van der Waals surface area contributed by atoms with Crippen LogP contribution in [0.4, 0.5) is 5.69 Å². The number of carboxylic acid groups (broad SMARTS) is 1. The second-order valence-corrected chi connectivity index (χ2v) is 6.16. The number of aliphatic carboxylic acids is 1. The first-order chi connectivity index (χ1) is 12.5. The van der Waals surface area contributed by atoms with Crippen molar-refractivity contribution in [3.8, 4) is 11.5 Å². The number of carbonyl (C=O) groups is 2. The van der Waals surface area contributed by atoms with Crippen LogP contribution in [0.1, 0.15) is 24.4 Å². The fourth-order valence-corrected chi connectivity index (χ4v) is 3.38. The maximum atomic E-state index is 12.7. The molecule has 2 aromatic carbocycles. The standard InChI is InChI=1S/C20H21NO5/c1-25-15-7-3-13(4-8-15)19-17(20(23)24)11-12-18(22)21(19)14-5-9-16(26-2)10-6-14/h3-10,17,19H,11-12H2,1-2H3,(H,23,24)/t17-,19+/m0/s1. The minimum atomic E-state index is -0.906. The van der Waals surface area contributed by atoms with Gasteiger partial charge in [-0.3, -0.25) is 9.59 Å². The number of carboxylic acids is 1. The molecule has 0 bridgehead atoms. The van der Waals surface area contributed by atoms with Crippen LogP contribution in [0.3, 0.4) is 0 Å². The molecule has 1 heterocycles. The Morgan fingerprint density at radius 2 is 1.54 bits per heavy atom. The van der Waals surface area contributed by atoms with Gasteiger partial charge in [0.2, 0.25) is 5.91 Å². The van der Waals surface area contributed by atoms with E-state index < -0.39 is 17.9 Å². The summed E-state index contributed by atoms with van der Waals surface area (Å²) in [5, 5.41) is 9.72. The predicted molar refractivity (Wildman–Crippen MR) is 96.6 cm³/mol. The molecule has 1 amide bonds. The first-order valence-corrected chi connectivity index (χ1v) is 8.38. The average Bonchev–Trinajstić information content (AvgIpc) is 2.67. The maximum absolute atomic E-state index is 12.7. The summed E-state index contributed by atoms with van der Waals surface area (Å²) >= 11 is 0. The van der Waals surface area contributed by atoms with E-state index in [2.05, 4.69) is 0 Å². The van der Waals surface area contributed by atoms with E-state index in [-0.39, 0.29) is 12.3 Å². The van der Waals surface area contributed by atoms with Gasteiger partial charge in [-0.1, -0.05) is 12.1 Å². The number of ether oxygens (including phenoxy) is 2. The van der Waals surface area contributed by atoms with Crippen molar-refractivity contribution in [3.05, 3.63) is 54.1 Å². The molecule has 1 fully saturated rings. The number of methoxy groups -OCH3 is 2. The van der Waals surface area contributed by atoms with E-state index >= 15 is 0 Å². The first kappa shape index (κ1) is 17.8. The molecule has 0 unspecified atom stereocenters. The summed E-state index contributed by atoms with van der Waals surface area (Å²) in [5.74, 6) is -0.318. The van der Waals surface area contributed by atoms with E-state index in [9.17, 15) is 14.7 Å². The van der Waals surface area contributed by atoms with Gasteiger partial charge in [0, 0.05) is 12.1 Å². The van der Waals surface area contributed by atoms with Crippen molar-refractivity contribution in [1.29, 1.82) is 0 Å². The van der Waals surface area contributed by atoms with Crippen LogP contribution in [0.15, 0.2) is 48.5 Å². The molecule has 1 aliphatic heterocycles. The number of nitrogens with zero attached hydrogens (tertiary/aromatic N) is 1. The van der Waals surface area contributed by atoms with Crippen LogP contribution in [-0.2, 0) is 9.59 Å². The molecule has 0 spiro atoms. The Hall–Kier alpha value is -3.02. The van der Waals surface area contributed by atoms with Crippen molar-refractivity contribution in [1.82, 2.24) is 0 Å². The van der Waals surface area contributed by atoms with Crippen LogP contribution in [0, 0.1) is 5.92 Å². The van der Waals surface area contributed by atoms with Gasteiger partial charge in [-0.15, -0.1) is 0 Å². The normalized spacial score (nSPS) is 19.9. The molecular weight excluding hydrogens is 334 g/mol. The van der Waals surface area contributed by atoms with E-state index in [0.29, 0.717) is 23.6 Å². The molecule has 1 aliphatic rings. The molecule has 0 radical (unpaired) electrons. The van der Waals surface area contributed by atoms with Gasteiger partial charge in [0.15, 0.2) is 0 Å². The van der Waals surface area contributed by atoms with E-state index in [1.165, 1.54) is 0 Å². The third-order valence-electron chi connectivity index (χ3n) is 4.72. The first-order valence-electron chi connectivity index (χ1n) is 8.38. The molecule has 1 N–H and O–H groups in total. The molecule has 6 heteroatoms. The van der Waals surface area contributed by atoms with Gasteiger partial charge >= 0.3 is 5.97 Å². The third kappa shape index (κ3) is 3.35. The van der Waals surface area contributed by atoms with E-state index in [1.807, 2.05) is 12.1 Å². The molecule has 2 aromatic rings. The third-order valence-corrected chi connectivity index (χ3v) is 4.72. The van der Waals surface area contributed by atoms with E-state index in [4.69, 9.17) is 9.47 Å². The quantitative estimate of drug-likeness (QED) is 0.891. The Morgan fingerprint density at radius 1 is 1.00 bits per heavy atom. The minimum absolute atomic E-state index is 0.0894. The lowest BCUT2D eigenvalue weighted by Crippen LogP contribution is -2.45. The Kier molecular flexibility index (Phi) is 5.11. The molecular formula is C20H21NO5. The van der Waals surface area contributed by atoms with Crippen LogP contribution in [0.5, 0.6) is 11.5 Å². The number of hydrogen-bond donors (Lipinski definition) is 1. The number of hydrogen-bond acceptors (Lipinski definition) is 4. The number of piperidine rings is 1. The lowest BCUT2D eigenvalue weighted by Gasteiger charge is -2.39. The molecule has 0 aliphatic carbocycles. The summed E-state index contributed by atoms with van der Waals surface area (Å²) in [6.45, 7) is 0. The summed E-state index contributed by atoms with van der Waals surface area (Å²) in [5.41, 5.74) is 1.42. The smallest absolute Gasteiger partial charge is 0.308 e. The zero-order chi connectivity index (χ0) is 18.7. The largest absolute Gasteiger partial charge is 0.497 e.